The van der Waals surface area contributed by atoms with Gasteiger partial charge >= 0.3 is 0 Å². The van der Waals surface area contributed by atoms with Gasteiger partial charge in [-0.2, -0.15) is 5.26 Å². The smallest absolute Gasteiger partial charge is 0.272 e. The Hall–Kier alpha value is -1.41. The van der Waals surface area contributed by atoms with Crippen LogP contribution in [-0.2, 0) is 0 Å². The van der Waals surface area contributed by atoms with E-state index in [0.717, 1.165) is 0 Å². The molecule has 0 aliphatic heterocycles. The summed E-state index contributed by atoms with van der Waals surface area (Å²) >= 11 is 5.64. The Kier molecular flexibility index (Phi) is 3.60. The predicted molar refractivity (Wildman–Crippen MR) is 45.5 cm³/mol. The Morgan fingerprint density at radius 1 is 1.64 bits per heavy atom. The van der Waals surface area contributed by atoms with E-state index < -0.39 is 13.0 Å². The lowest BCUT2D eigenvalue weighted by Crippen LogP contribution is -2.08. The van der Waals surface area contributed by atoms with Crippen LogP contribution < -0.4 is 4.74 Å². The molecular weight excluding hydrogens is 214 g/mol. The fourth-order valence-electron chi connectivity index (χ4n) is 0.753. The van der Waals surface area contributed by atoms with Crippen molar-refractivity contribution in [2.75, 3.05) is 6.61 Å². The molecule has 0 saturated heterocycles. The maximum atomic E-state index is 11.8. The molecule has 14 heavy (non-hydrogen) atoms. The van der Waals surface area contributed by atoms with Crippen LogP contribution in [0.4, 0.5) is 8.78 Å². The summed E-state index contributed by atoms with van der Waals surface area (Å²) in [5.41, 5.74) is 0.144. The number of hydrogen-bond donors (Lipinski definition) is 0. The first-order valence-corrected chi connectivity index (χ1v) is 3.98. The van der Waals surface area contributed by atoms with Gasteiger partial charge in [-0.1, -0.05) is 11.6 Å². The van der Waals surface area contributed by atoms with Gasteiger partial charge in [-0.3, -0.25) is 0 Å². The number of halogens is 3. The molecule has 0 atom stereocenters. The van der Waals surface area contributed by atoms with Crippen LogP contribution in [0.5, 0.6) is 5.88 Å². The van der Waals surface area contributed by atoms with Gasteiger partial charge in [0.05, 0.1) is 5.56 Å². The third kappa shape index (κ3) is 2.54. The Morgan fingerprint density at radius 2 is 2.36 bits per heavy atom. The van der Waals surface area contributed by atoms with E-state index in [2.05, 4.69) is 9.72 Å². The van der Waals surface area contributed by atoms with Gasteiger partial charge in [0.15, 0.2) is 6.61 Å². The molecule has 1 heterocycles. The largest absolute Gasteiger partial charge is 0.471 e. The minimum absolute atomic E-state index is 0.0457. The number of aromatic nitrogens is 1. The molecule has 0 fully saturated rings. The number of rotatable bonds is 3. The lowest BCUT2D eigenvalue weighted by molar-refractivity contribution is 0.0796. The fourth-order valence-corrected chi connectivity index (χ4v) is 0.962. The third-order valence-corrected chi connectivity index (χ3v) is 1.69. The number of nitriles is 1. The van der Waals surface area contributed by atoms with Crippen molar-refractivity contribution in [3.63, 3.8) is 0 Å². The van der Waals surface area contributed by atoms with Crippen molar-refractivity contribution in [2.24, 2.45) is 0 Å². The monoisotopic (exact) mass is 218 g/mol. The Balaban J connectivity index is 2.83. The molecule has 6 heteroatoms. The summed E-state index contributed by atoms with van der Waals surface area (Å²) in [5.74, 6) is -0.147. The first kappa shape index (κ1) is 10.7. The van der Waals surface area contributed by atoms with Crippen LogP contribution in [0.3, 0.4) is 0 Å². The molecule has 74 valence electrons. The zero-order chi connectivity index (χ0) is 10.6. The van der Waals surface area contributed by atoms with E-state index in [4.69, 9.17) is 16.9 Å². The van der Waals surface area contributed by atoms with Gasteiger partial charge < -0.3 is 4.74 Å². The molecule has 0 spiro atoms. The van der Waals surface area contributed by atoms with Crippen LogP contribution in [0.2, 0.25) is 5.02 Å². The molecule has 0 aliphatic carbocycles. The Morgan fingerprint density at radius 3 is 2.93 bits per heavy atom. The van der Waals surface area contributed by atoms with Crippen LogP contribution in [0, 0.1) is 11.3 Å². The summed E-state index contributed by atoms with van der Waals surface area (Å²) in [5, 5.41) is 8.51. The molecule has 0 aromatic carbocycles. The van der Waals surface area contributed by atoms with Crippen LogP contribution in [0.25, 0.3) is 0 Å². The van der Waals surface area contributed by atoms with Gasteiger partial charge in [0.25, 0.3) is 6.43 Å². The van der Waals surface area contributed by atoms with Gasteiger partial charge in [-0.05, 0) is 6.07 Å². The van der Waals surface area contributed by atoms with Gasteiger partial charge in [-0.15, -0.1) is 0 Å². The average molecular weight is 219 g/mol. The number of nitrogens with zero attached hydrogens (tertiary/aromatic N) is 2. The van der Waals surface area contributed by atoms with Crippen molar-refractivity contribution in [3.05, 3.63) is 22.8 Å². The number of pyridine rings is 1. The lowest BCUT2D eigenvalue weighted by atomic mass is 10.3. The topological polar surface area (TPSA) is 45.9 Å². The first-order chi connectivity index (χ1) is 6.65. The molecule has 1 aromatic rings. The van der Waals surface area contributed by atoms with Crippen molar-refractivity contribution >= 4 is 11.6 Å². The highest BCUT2D eigenvalue weighted by molar-refractivity contribution is 6.32. The molecular formula is C8H5ClF2N2O. The van der Waals surface area contributed by atoms with Gasteiger partial charge in [-0.25, -0.2) is 13.8 Å². The summed E-state index contributed by atoms with van der Waals surface area (Å²) in [6.45, 7) is -0.790. The SMILES string of the molecule is N#Cc1ccnc(OCC(F)F)c1Cl. The summed E-state index contributed by atoms with van der Waals surface area (Å²) in [6, 6.07) is 3.16. The molecule has 0 aliphatic rings. The van der Waals surface area contributed by atoms with Crippen molar-refractivity contribution in [1.29, 1.82) is 5.26 Å². The molecule has 0 amide bonds. The van der Waals surface area contributed by atoms with Crippen LogP contribution in [-0.4, -0.2) is 18.0 Å². The van der Waals surface area contributed by atoms with E-state index in [0.29, 0.717) is 0 Å². The van der Waals surface area contributed by atoms with Crippen LogP contribution >= 0.6 is 11.6 Å². The predicted octanol–water partition coefficient (Wildman–Crippen LogP) is 2.25. The number of ether oxygens (including phenoxy) is 1. The fraction of sp³-hybridized carbons (Fsp3) is 0.250. The molecule has 0 saturated carbocycles. The van der Waals surface area contributed by atoms with Crippen molar-refractivity contribution < 1.29 is 13.5 Å². The zero-order valence-corrected chi connectivity index (χ0v) is 7.63. The number of hydrogen-bond acceptors (Lipinski definition) is 3. The summed E-state index contributed by atoms with van der Waals surface area (Å²) in [6.07, 6.45) is -1.33. The van der Waals surface area contributed by atoms with Gasteiger partial charge in [0.2, 0.25) is 5.88 Å². The van der Waals surface area contributed by atoms with Crippen LogP contribution in [0.1, 0.15) is 5.56 Å². The normalized spacial score (nSPS) is 9.93. The minimum Gasteiger partial charge on any atom is -0.471 e. The van der Waals surface area contributed by atoms with Crippen molar-refractivity contribution in [3.8, 4) is 11.9 Å². The van der Waals surface area contributed by atoms with Crippen LogP contribution in [0.15, 0.2) is 12.3 Å². The Labute approximate surface area is 83.9 Å². The lowest BCUT2D eigenvalue weighted by Gasteiger charge is -2.05. The maximum Gasteiger partial charge on any atom is 0.272 e. The third-order valence-electron chi connectivity index (χ3n) is 1.32. The van der Waals surface area contributed by atoms with E-state index in [1.807, 2.05) is 0 Å². The summed E-state index contributed by atoms with van der Waals surface area (Å²) < 4.78 is 28.1. The van der Waals surface area contributed by atoms with Crippen molar-refractivity contribution in [1.82, 2.24) is 4.98 Å². The second-order valence-corrected chi connectivity index (χ2v) is 2.67. The summed E-state index contributed by atoms with van der Waals surface area (Å²) in [7, 11) is 0. The molecule has 0 bridgehead atoms. The molecule has 0 N–H and O–H groups in total. The molecule has 1 aromatic heterocycles. The number of alkyl halides is 2. The second kappa shape index (κ2) is 4.72. The van der Waals surface area contributed by atoms with E-state index >= 15 is 0 Å². The van der Waals surface area contributed by atoms with Gasteiger partial charge in [0, 0.05) is 6.20 Å². The summed E-state index contributed by atoms with van der Waals surface area (Å²) in [4.78, 5) is 3.62. The highest BCUT2D eigenvalue weighted by Crippen LogP contribution is 2.24. The highest BCUT2D eigenvalue weighted by atomic mass is 35.5. The van der Waals surface area contributed by atoms with Crippen molar-refractivity contribution in [2.45, 2.75) is 6.43 Å². The van der Waals surface area contributed by atoms with E-state index in [9.17, 15) is 8.78 Å². The molecule has 3 nitrogen and oxygen atoms in total. The second-order valence-electron chi connectivity index (χ2n) is 2.29. The maximum absolute atomic E-state index is 11.8. The zero-order valence-electron chi connectivity index (χ0n) is 6.88. The highest BCUT2D eigenvalue weighted by Gasteiger charge is 2.10. The molecule has 0 unspecified atom stereocenters. The van der Waals surface area contributed by atoms with Gasteiger partial charge in [0.1, 0.15) is 11.1 Å². The standard InChI is InChI=1S/C8H5ClF2N2O/c9-7-5(3-12)1-2-13-8(7)14-4-6(10)11/h1-2,6H,4H2. The minimum atomic E-state index is -2.60. The quantitative estimate of drug-likeness (QED) is 0.782. The molecule has 0 radical (unpaired) electrons. The average Bonchev–Trinajstić information content (AvgIpc) is 2.16. The van der Waals surface area contributed by atoms with E-state index in [-0.39, 0.29) is 16.5 Å². The van der Waals surface area contributed by atoms with E-state index in [1.165, 1.54) is 12.3 Å². The molecule has 1 rings (SSSR count). The Bertz CT molecular complexity index is 365. The van der Waals surface area contributed by atoms with E-state index in [1.54, 1.807) is 6.07 Å². The first-order valence-electron chi connectivity index (χ1n) is 3.60.